The van der Waals surface area contributed by atoms with Gasteiger partial charge in [-0.15, -0.1) is 0 Å². The van der Waals surface area contributed by atoms with E-state index in [4.69, 9.17) is 23.8 Å². The number of ether oxygens (including phenoxy) is 2. The van der Waals surface area contributed by atoms with Gasteiger partial charge in [0.15, 0.2) is 6.10 Å². The zero-order valence-corrected chi connectivity index (χ0v) is 40.3. The van der Waals surface area contributed by atoms with Crippen molar-refractivity contribution in [2.24, 2.45) is 5.92 Å². The normalized spacial score (nSPS) is 15.5. The van der Waals surface area contributed by atoms with Gasteiger partial charge in [-0.1, -0.05) is 159 Å². The molecule has 1 unspecified atom stereocenters. The maximum atomic E-state index is 12.7. The quantitative estimate of drug-likeness (QED) is 0.0144. The summed E-state index contributed by atoms with van der Waals surface area (Å²) in [6.07, 6.45) is 32.7. The molecule has 15 nitrogen and oxygen atoms in total. The third-order valence-electron chi connectivity index (χ3n) is 9.85. The number of rotatable bonds is 43. The van der Waals surface area contributed by atoms with Crippen molar-refractivity contribution in [3.8, 4) is 0 Å². The molecule has 63 heavy (non-hydrogen) atoms. The first-order chi connectivity index (χ1) is 30.0. The second-order valence-electron chi connectivity index (χ2n) is 16.4. The minimum atomic E-state index is -4.90. The number of phosphoric acid groups is 2. The summed E-state index contributed by atoms with van der Waals surface area (Å²) < 4.78 is 47.7. The molecule has 0 fully saturated rings. The predicted octanol–water partition coefficient (Wildman–Crippen LogP) is 10.0. The van der Waals surface area contributed by atoms with Crippen molar-refractivity contribution < 1.29 is 71.8 Å². The predicted molar refractivity (Wildman–Crippen MR) is 246 cm³/mol. The van der Waals surface area contributed by atoms with Gasteiger partial charge in [-0.3, -0.25) is 23.2 Å². The van der Waals surface area contributed by atoms with E-state index in [9.17, 15) is 38.9 Å². The Balaban J connectivity index is 4.70. The molecule has 0 aromatic carbocycles. The molecule has 0 aromatic heterocycles. The highest BCUT2D eigenvalue weighted by molar-refractivity contribution is 7.47. The lowest BCUT2D eigenvalue weighted by atomic mass is 10.0. The van der Waals surface area contributed by atoms with Gasteiger partial charge in [0.2, 0.25) is 0 Å². The highest BCUT2D eigenvalue weighted by Crippen LogP contribution is 2.43. The molecular formula is C46H84O15P2. The SMILES string of the molecule is CC/C=C\C/C=C\C/C=C\C/C=C\C[C@@H](O)[C@H](O)CCCC(=O)O[C@H](COC(=O)CCCCCCCCCCCCCCCCC(C)C)COP(=O)(O)OC[C@@H](O)COP(=O)(O)O. The number of hydrogen-bond donors (Lipinski definition) is 6. The molecule has 368 valence electrons. The van der Waals surface area contributed by atoms with Crippen LogP contribution in [-0.4, -0.2) is 92.8 Å². The van der Waals surface area contributed by atoms with E-state index in [-0.39, 0.29) is 32.1 Å². The van der Waals surface area contributed by atoms with Crippen molar-refractivity contribution in [1.82, 2.24) is 0 Å². The Morgan fingerprint density at radius 1 is 0.524 bits per heavy atom. The molecule has 5 atom stereocenters. The average Bonchev–Trinajstić information content (AvgIpc) is 3.22. The van der Waals surface area contributed by atoms with Crippen molar-refractivity contribution in [2.45, 2.75) is 199 Å². The molecule has 0 aliphatic carbocycles. The monoisotopic (exact) mass is 939 g/mol. The largest absolute Gasteiger partial charge is 0.472 e. The Morgan fingerprint density at radius 3 is 1.51 bits per heavy atom. The Hall–Kier alpha value is -2.00. The number of carbonyl (C=O) groups excluding carboxylic acids is 2. The number of allylic oxidation sites excluding steroid dienone is 7. The zero-order chi connectivity index (χ0) is 47.0. The van der Waals surface area contributed by atoms with Gasteiger partial charge in [-0.25, -0.2) is 9.13 Å². The molecule has 0 aromatic rings. The van der Waals surface area contributed by atoms with Crippen LogP contribution in [0.5, 0.6) is 0 Å². The summed E-state index contributed by atoms with van der Waals surface area (Å²) in [5, 5.41) is 30.5. The molecule has 0 saturated carbocycles. The molecule has 0 amide bonds. The number of aliphatic hydroxyl groups is 3. The van der Waals surface area contributed by atoms with Gasteiger partial charge in [-0.05, 0) is 57.3 Å². The van der Waals surface area contributed by atoms with Gasteiger partial charge in [0.25, 0.3) is 0 Å². The molecule has 0 heterocycles. The summed E-state index contributed by atoms with van der Waals surface area (Å²) in [4.78, 5) is 52.8. The van der Waals surface area contributed by atoms with E-state index >= 15 is 0 Å². The van der Waals surface area contributed by atoms with Crippen molar-refractivity contribution >= 4 is 27.6 Å². The van der Waals surface area contributed by atoms with Crippen LogP contribution >= 0.6 is 15.6 Å². The van der Waals surface area contributed by atoms with Gasteiger partial charge < -0.3 is 39.5 Å². The Labute approximate surface area is 378 Å². The molecule has 0 aliphatic rings. The van der Waals surface area contributed by atoms with Crippen LogP contribution in [0.1, 0.15) is 175 Å². The second kappa shape index (κ2) is 40.3. The first kappa shape index (κ1) is 61.0. The van der Waals surface area contributed by atoms with E-state index in [1.54, 1.807) is 6.08 Å². The van der Waals surface area contributed by atoms with Crippen LogP contribution in [0.2, 0.25) is 0 Å². The fraction of sp³-hybridized carbons (Fsp3) is 0.783. The Bertz CT molecular complexity index is 1350. The van der Waals surface area contributed by atoms with Crippen molar-refractivity contribution in [3.63, 3.8) is 0 Å². The van der Waals surface area contributed by atoms with Gasteiger partial charge in [0.1, 0.15) is 12.7 Å². The molecule has 0 spiro atoms. The minimum Gasteiger partial charge on any atom is -0.462 e. The van der Waals surface area contributed by atoms with Crippen molar-refractivity contribution in [2.75, 3.05) is 26.4 Å². The lowest BCUT2D eigenvalue weighted by molar-refractivity contribution is -0.161. The summed E-state index contributed by atoms with van der Waals surface area (Å²) in [7, 11) is -9.79. The highest BCUT2D eigenvalue weighted by Gasteiger charge is 2.28. The van der Waals surface area contributed by atoms with E-state index in [0.717, 1.165) is 50.9 Å². The third kappa shape index (κ3) is 43.7. The number of unbranched alkanes of at least 4 members (excludes halogenated alkanes) is 13. The zero-order valence-electron chi connectivity index (χ0n) is 38.6. The van der Waals surface area contributed by atoms with Crippen LogP contribution in [0, 0.1) is 5.92 Å². The van der Waals surface area contributed by atoms with Crippen molar-refractivity contribution in [1.29, 1.82) is 0 Å². The van der Waals surface area contributed by atoms with Crippen LogP contribution in [0.3, 0.4) is 0 Å². The lowest BCUT2D eigenvalue weighted by Gasteiger charge is -2.21. The first-order valence-corrected chi connectivity index (χ1v) is 26.4. The summed E-state index contributed by atoms with van der Waals surface area (Å²) in [5.74, 6) is -0.517. The Morgan fingerprint density at radius 2 is 0.984 bits per heavy atom. The van der Waals surface area contributed by atoms with Crippen LogP contribution in [0.4, 0.5) is 0 Å². The molecule has 6 N–H and O–H groups in total. The molecule has 0 rings (SSSR count). The molecule has 0 saturated heterocycles. The number of aliphatic hydroxyl groups excluding tert-OH is 3. The summed E-state index contributed by atoms with van der Waals surface area (Å²) in [6.45, 7) is 3.65. The van der Waals surface area contributed by atoms with E-state index in [1.807, 2.05) is 12.2 Å². The molecule has 0 aliphatic heterocycles. The molecule has 0 radical (unpaired) electrons. The average molecular weight is 939 g/mol. The molecule has 0 bridgehead atoms. The fourth-order valence-corrected chi connectivity index (χ4v) is 7.36. The summed E-state index contributed by atoms with van der Waals surface area (Å²) in [6, 6.07) is 0. The standard InChI is InChI=1S/C46H84O15P2/c1-4-5-6-7-8-9-10-16-19-22-25-28-32-43(48)44(49)33-30-35-46(51)61-42(39-60-63(55,56)59-37-41(47)36-58-62(52,53)54)38-57-45(50)34-29-26-23-20-17-14-12-11-13-15-18-21-24-27-31-40(2)3/h5-6,8-9,16,19,25,28,40-44,47-49H,4,7,10-15,17-18,20-24,26-27,29-39H2,1-3H3,(H,55,56)(H2,52,53,54)/b6-5-,9-8-,19-16-,28-25-/t41-,42+,43+,44+/m0/s1. The van der Waals surface area contributed by atoms with Gasteiger partial charge in [-0.2, -0.15) is 0 Å². The third-order valence-corrected chi connectivity index (χ3v) is 11.3. The Kier molecular flexibility index (Phi) is 39.0. The maximum Gasteiger partial charge on any atom is 0.472 e. The number of hydrogen-bond acceptors (Lipinski definition) is 12. The van der Waals surface area contributed by atoms with Gasteiger partial charge >= 0.3 is 27.6 Å². The van der Waals surface area contributed by atoms with E-state index in [2.05, 4.69) is 60.2 Å². The van der Waals surface area contributed by atoms with Gasteiger partial charge in [0, 0.05) is 12.8 Å². The summed E-state index contributed by atoms with van der Waals surface area (Å²) in [5.41, 5.74) is 0. The number of phosphoric ester groups is 2. The van der Waals surface area contributed by atoms with Crippen molar-refractivity contribution in [3.05, 3.63) is 48.6 Å². The summed E-state index contributed by atoms with van der Waals surface area (Å²) >= 11 is 0. The van der Waals surface area contributed by atoms with E-state index in [0.29, 0.717) is 12.8 Å². The molecule has 17 heteroatoms. The van der Waals surface area contributed by atoms with Crippen LogP contribution < -0.4 is 0 Å². The minimum absolute atomic E-state index is 0.0898. The lowest BCUT2D eigenvalue weighted by Crippen LogP contribution is -2.30. The highest BCUT2D eigenvalue weighted by atomic mass is 31.2. The smallest absolute Gasteiger partial charge is 0.462 e. The van der Waals surface area contributed by atoms with Crippen LogP contribution in [0.15, 0.2) is 48.6 Å². The second-order valence-corrected chi connectivity index (χ2v) is 19.1. The fourth-order valence-electron chi connectivity index (χ4n) is 6.21. The number of esters is 2. The maximum absolute atomic E-state index is 12.7. The molecular weight excluding hydrogens is 854 g/mol. The van der Waals surface area contributed by atoms with Crippen LogP contribution in [0.25, 0.3) is 0 Å². The van der Waals surface area contributed by atoms with E-state index < -0.39 is 78.4 Å². The first-order valence-electron chi connectivity index (χ1n) is 23.4. The topological polar surface area (TPSA) is 236 Å². The number of carbonyl (C=O) groups is 2. The van der Waals surface area contributed by atoms with Crippen LogP contribution in [-0.2, 0) is 41.8 Å². The van der Waals surface area contributed by atoms with Gasteiger partial charge in [0.05, 0.1) is 32.0 Å². The van der Waals surface area contributed by atoms with E-state index in [1.165, 1.54) is 64.2 Å².